The van der Waals surface area contributed by atoms with E-state index >= 15 is 0 Å². The third kappa shape index (κ3) is 3.32. The van der Waals surface area contributed by atoms with Gasteiger partial charge in [-0.15, -0.1) is 0 Å². The molecule has 0 atom stereocenters. The summed E-state index contributed by atoms with van der Waals surface area (Å²) in [5.41, 5.74) is 6.66. The average molecular weight is 365 g/mol. The molecule has 0 saturated heterocycles. The smallest absolute Gasteiger partial charge is 0.248 e. The Kier molecular flexibility index (Phi) is 4.21. The molecule has 0 unspecified atom stereocenters. The zero-order valence-corrected chi connectivity index (χ0v) is 13.9. The first-order valence-electron chi connectivity index (χ1n) is 7.96. The van der Waals surface area contributed by atoms with Crippen molar-refractivity contribution in [3.05, 3.63) is 72.7 Å². The lowest BCUT2D eigenvalue weighted by Gasteiger charge is -2.13. The lowest BCUT2D eigenvalue weighted by Crippen LogP contribution is -2.04. The molecule has 134 valence electrons. The van der Waals surface area contributed by atoms with E-state index in [2.05, 4.69) is 20.3 Å². The molecule has 0 saturated carbocycles. The maximum Gasteiger partial charge on any atom is 0.248 e. The number of hydrogen-bond acceptors (Lipinski definition) is 6. The molecule has 0 radical (unpaired) electrons. The van der Waals surface area contributed by atoms with Gasteiger partial charge >= 0.3 is 0 Å². The molecule has 8 heteroatoms. The van der Waals surface area contributed by atoms with Gasteiger partial charge in [0.2, 0.25) is 5.88 Å². The highest BCUT2D eigenvalue weighted by atomic mass is 19.1. The third-order valence-electron chi connectivity index (χ3n) is 3.83. The van der Waals surface area contributed by atoms with E-state index < -0.39 is 11.6 Å². The average Bonchev–Trinajstić information content (AvgIpc) is 2.68. The Bertz CT molecular complexity index is 1130. The zero-order valence-electron chi connectivity index (χ0n) is 13.9. The summed E-state index contributed by atoms with van der Waals surface area (Å²) in [4.78, 5) is 12.3. The molecule has 2 aromatic heterocycles. The number of benzene rings is 2. The van der Waals surface area contributed by atoms with Crippen LogP contribution in [0.15, 0.2) is 61.1 Å². The highest BCUT2D eigenvalue weighted by molar-refractivity contribution is 5.84. The van der Waals surface area contributed by atoms with Crippen LogP contribution in [0.2, 0.25) is 0 Å². The summed E-state index contributed by atoms with van der Waals surface area (Å²) in [7, 11) is 0. The molecule has 6 nitrogen and oxygen atoms in total. The second-order valence-electron chi connectivity index (χ2n) is 5.62. The van der Waals surface area contributed by atoms with E-state index in [9.17, 15) is 8.78 Å². The summed E-state index contributed by atoms with van der Waals surface area (Å²) in [6, 6.07) is 12.2. The van der Waals surface area contributed by atoms with Gasteiger partial charge in [-0.3, -0.25) is 4.98 Å². The normalized spacial score (nSPS) is 10.7. The van der Waals surface area contributed by atoms with Gasteiger partial charge in [-0.2, -0.15) is 4.98 Å². The van der Waals surface area contributed by atoms with Gasteiger partial charge in [0.05, 0.1) is 5.69 Å². The van der Waals surface area contributed by atoms with Crippen LogP contribution in [0.1, 0.15) is 0 Å². The number of nitrogens with zero attached hydrogens (tertiary/aromatic N) is 3. The molecule has 2 heterocycles. The first-order valence-corrected chi connectivity index (χ1v) is 7.96. The van der Waals surface area contributed by atoms with Crippen molar-refractivity contribution in [1.82, 2.24) is 15.0 Å². The minimum absolute atomic E-state index is 0.0501. The van der Waals surface area contributed by atoms with Gasteiger partial charge in [-0.25, -0.2) is 13.8 Å². The van der Waals surface area contributed by atoms with Crippen LogP contribution in [0, 0.1) is 11.6 Å². The third-order valence-corrected chi connectivity index (χ3v) is 3.83. The van der Waals surface area contributed by atoms with E-state index in [4.69, 9.17) is 10.5 Å². The fourth-order valence-corrected chi connectivity index (χ4v) is 2.54. The monoisotopic (exact) mass is 365 g/mol. The van der Waals surface area contributed by atoms with Gasteiger partial charge in [0.25, 0.3) is 0 Å². The van der Waals surface area contributed by atoms with E-state index in [1.165, 1.54) is 6.33 Å². The Hall–Kier alpha value is -3.81. The SMILES string of the molecule is Nc1c(Nc2cc(F)ccc2F)ncnc1Oc1cccc2cccnc12. The topological polar surface area (TPSA) is 86.0 Å². The van der Waals surface area contributed by atoms with E-state index in [0.717, 1.165) is 23.6 Å². The molecule has 4 aromatic rings. The molecule has 2 aromatic carbocycles. The van der Waals surface area contributed by atoms with Crippen LogP contribution in [-0.4, -0.2) is 15.0 Å². The molecule has 0 aliphatic heterocycles. The number of ether oxygens (including phenoxy) is 1. The van der Waals surface area contributed by atoms with Crippen LogP contribution in [0.5, 0.6) is 11.6 Å². The molecule has 0 fully saturated rings. The van der Waals surface area contributed by atoms with Gasteiger partial charge in [0, 0.05) is 17.6 Å². The van der Waals surface area contributed by atoms with Gasteiger partial charge in [-0.1, -0.05) is 18.2 Å². The van der Waals surface area contributed by atoms with E-state index in [-0.39, 0.29) is 23.1 Å². The fourth-order valence-electron chi connectivity index (χ4n) is 2.54. The molecule has 27 heavy (non-hydrogen) atoms. The first kappa shape index (κ1) is 16.6. The van der Waals surface area contributed by atoms with Crippen molar-refractivity contribution in [2.24, 2.45) is 0 Å². The number of pyridine rings is 1. The number of hydrogen-bond donors (Lipinski definition) is 2. The van der Waals surface area contributed by atoms with Gasteiger partial charge in [-0.05, 0) is 24.3 Å². The molecule has 4 rings (SSSR count). The molecule has 0 bridgehead atoms. The predicted molar refractivity (Wildman–Crippen MR) is 97.9 cm³/mol. The lowest BCUT2D eigenvalue weighted by molar-refractivity contribution is 0.469. The summed E-state index contributed by atoms with van der Waals surface area (Å²) < 4.78 is 33.0. The first-order chi connectivity index (χ1) is 13.1. The molecule has 3 N–H and O–H groups in total. The predicted octanol–water partition coefficient (Wildman–Crippen LogP) is 4.42. The Morgan fingerprint density at radius 2 is 1.81 bits per heavy atom. The van der Waals surface area contributed by atoms with Crippen molar-refractivity contribution in [2.75, 3.05) is 11.1 Å². The highest BCUT2D eigenvalue weighted by Gasteiger charge is 2.14. The van der Waals surface area contributed by atoms with Gasteiger partial charge in [0.15, 0.2) is 11.6 Å². The van der Waals surface area contributed by atoms with E-state index in [1.54, 1.807) is 12.3 Å². The van der Waals surface area contributed by atoms with E-state index in [1.807, 2.05) is 24.3 Å². The largest absolute Gasteiger partial charge is 0.435 e. The number of nitrogens with two attached hydrogens (primary N) is 1. The number of rotatable bonds is 4. The quantitative estimate of drug-likeness (QED) is 0.557. The van der Waals surface area contributed by atoms with Crippen molar-refractivity contribution in [3.8, 4) is 11.6 Å². The van der Waals surface area contributed by atoms with Crippen molar-refractivity contribution in [2.45, 2.75) is 0 Å². The number of nitrogens with one attached hydrogen (secondary N) is 1. The number of fused-ring (bicyclic) bond motifs is 1. The summed E-state index contributed by atoms with van der Waals surface area (Å²) in [5, 5.41) is 3.55. The Balaban J connectivity index is 1.69. The van der Waals surface area contributed by atoms with Crippen molar-refractivity contribution in [3.63, 3.8) is 0 Å². The fraction of sp³-hybridized carbons (Fsp3) is 0. The van der Waals surface area contributed by atoms with Crippen LogP contribution >= 0.6 is 0 Å². The minimum atomic E-state index is -0.643. The number of aromatic nitrogens is 3. The molecule has 0 aliphatic carbocycles. The standard InChI is InChI=1S/C19H13F2N5O/c20-12-6-7-13(21)14(9-12)26-18-16(22)19(25-10-24-18)27-15-5-1-3-11-4-2-8-23-17(11)15/h1-10H,22H2,(H,24,25,26). The number of para-hydroxylation sites is 1. The second kappa shape index (κ2) is 6.83. The van der Waals surface area contributed by atoms with Crippen LogP contribution in [0.4, 0.5) is 26.0 Å². The molecule has 0 aliphatic rings. The molecule has 0 spiro atoms. The van der Waals surface area contributed by atoms with Gasteiger partial charge in [0.1, 0.15) is 29.2 Å². The summed E-state index contributed by atoms with van der Waals surface area (Å²) in [6.07, 6.45) is 2.86. The zero-order chi connectivity index (χ0) is 18.8. The minimum Gasteiger partial charge on any atom is -0.435 e. The van der Waals surface area contributed by atoms with Crippen molar-refractivity contribution < 1.29 is 13.5 Å². The second-order valence-corrected chi connectivity index (χ2v) is 5.62. The molecular weight excluding hydrogens is 352 g/mol. The van der Waals surface area contributed by atoms with Crippen LogP contribution in [0.3, 0.4) is 0 Å². The Morgan fingerprint density at radius 3 is 2.70 bits per heavy atom. The molecule has 0 amide bonds. The van der Waals surface area contributed by atoms with Crippen molar-refractivity contribution in [1.29, 1.82) is 0 Å². The summed E-state index contributed by atoms with van der Waals surface area (Å²) in [5.74, 6) is -0.610. The van der Waals surface area contributed by atoms with Crippen LogP contribution < -0.4 is 15.8 Å². The lowest BCUT2D eigenvalue weighted by atomic mass is 10.2. The van der Waals surface area contributed by atoms with E-state index in [0.29, 0.717) is 11.3 Å². The maximum absolute atomic E-state index is 13.9. The number of halogens is 2. The Labute approximate surface area is 152 Å². The molecular formula is C19H13F2N5O. The van der Waals surface area contributed by atoms with Crippen LogP contribution in [0.25, 0.3) is 10.9 Å². The highest BCUT2D eigenvalue weighted by Crippen LogP contribution is 2.34. The van der Waals surface area contributed by atoms with Crippen molar-refractivity contribution >= 4 is 28.1 Å². The number of anilines is 3. The van der Waals surface area contributed by atoms with Gasteiger partial charge < -0.3 is 15.8 Å². The Morgan fingerprint density at radius 1 is 0.963 bits per heavy atom. The maximum atomic E-state index is 13.9. The summed E-state index contributed by atoms with van der Waals surface area (Å²) >= 11 is 0. The summed E-state index contributed by atoms with van der Waals surface area (Å²) in [6.45, 7) is 0. The number of nitrogen functional groups attached to an aromatic ring is 1. The van der Waals surface area contributed by atoms with Crippen LogP contribution in [-0.2, 0) is 0 Å².